The second kappa shape index (κ2) is 14.7. The maximum Gasteiger partial charge on any atom is 0.307 e. The second-order valence-corrected chi connectivity index (χ2v) is 12.7. The Labute approximate surface area is 284 Å². The van der Waals surface area contributed by atoms with Crippen molar-refractivity contribution in [2.24, 2.45) is 0 Å². The lowest BCUT2D eigenvalue weighted by Crippen LogP contribution is -2.07. The van der Waals surface area contributed by atoms with E-state index in [2.05, 4.69) is 36.8 Å². The van der Waals surface area contributed by atoms with Gasteiger partial charge in [0.1, 0.15) is 29.6 Å². The lowest BCUT2D eigenvalue weighted by molar-refractivity contribution is -0.136. The van der Waals surface area contributed by atoms with Crippen molar-refractivity contribution in [1.29, 1.82) is 0 Å². The van der Waals surface area contributed by atoms with Gasteiger partial charge in [-0.05, 0) is 123 Å². The van der Waals surface area contributed by atoms with Gasteiger partial charge in [-0.25, -0.2) is 0 Å². The zero-order valence-electron chi connectivity index (χ0n) is 25.4. The summed E-state index contributed by atoms with van der Waals surface area (Å²) in [7, 11) is 0. The molecular weight excluding hydrogens is 714 g/mol. The van der Waals surface area contributed by atoms with Crippen molar-refractivity contribution in [3.8, 4) is 28.7 Å². The van der Waals surface area contributed by atoms with Crippen molar-refractivity contribution in [3.63, 3.8) is 0 Å². The van der Waals surface area contributed by atoms with Gasteiger partial charge in [0.15, 0.2) is 11.5 Å². The molecule has 1 N–H and O–H groups in total. The van der Waals surface area contributed by atoms with E-state index in [1.54, 1.807) is 36.7 Å². The fraction of sp³-hybridized carbons (Fsp3) is 0.162. The summed E-state index contributed by atoms with van der Waals surface area (Å²) in [4.78, 5) is 29.4. The summed E-state index contributed by atoms with van der Waals surface area (Å²) in [6.07, 6.45) is 3.31. The van der Waals surface area contributed by atoms with E-state index in [0.29, 0.717) is 61.0 Å². The maximum absolute atomic E-state index is 14.0. The van der Waals surface area contributed by atoms with Crippen LogP contribution in [0.25, 0.3) is 0 Å². The van der Waals surface area contributed by atoms with E-state index < -0.39 is 5.97 Å². The van der Waals surface area contributed by atoms with E-state index in [-0.39, 0.29) is 18.1 Å². The molecule has 5 aromatic rings. The van der Waals surface area contributed by atoms with Crippen LogP contribution in [0.5, 0.6) is 28.7 Å². The van der Waals surface area contributed by atoms with Gasteiger partial charge in [-0.15, -0.1) is 0 Å². The lowest BCUT2D eigenvalue weighted by Gasteiger charge is -2.20. The van der Waals surface area contributed by atoms with Crippen LogP contribution < -0.4 is 14.2 Å². The smallest absolute Gasteiger partial charge is 0.307 e. The molecule has 0 aliphatic carbocycles. The first kappa shape index (κ1) is 32.9. The predicted octanol–water partition coefficient (Wildman–Crippen LogP) is 10.1. The molecule has 0 unspecified atom stereocenters. The van der Waals surface area contributed by atoms with Crippen molar-refractivity contribution < 1.29 is 28.9 Å². The van der Waals surface area contributed by atoms with Gasteiger partial charge in [0.25, 0.3) is 0 Å². The van der Waals surface area contributed by atoms with E-state index in [1.165, 1.54) is 0 Å². The molecule has 0 aliphatic rings. The highest BCUT2D eigenvalue weighted by Crippen LogP contribution is 2.43. The molecule has 0 atom stereocenters. The molecule has 4 aromatic carbocycles. The highest BCUT2D eigenvalue weighted by atomic mass is 79.9. The van der Waals surface area contributed by atoms with Crippen molar-refractivity contribution in [2.45, 2.75) is 39.7 Å². The number of ether oxygens (including phenoxy) is 3. The number of aryl methyl sites for hydroxylation is 1. The van der Waals surface area contributed by atoms with Gasteiger partial charge >= 0.3 is 5.97 Å². The SMILES string of the molecule is Cc1cccc(C(=O)c2cc(Oc3ccc(OCc4ccncc4)cc3)c(C(C)C)cc2Oc2c(Br)cc(CC(=O)O)cc2Br)c1. The van der Waals surface area contributed by atoms with Gasteiger partial charge < -0.3 is 19.3 Å². The van der Waals surface area contributed by atoms with Gasteiger partial charge in [0, 0.05) is 23.5 Å². The van der Waals surface area contributed by atoms with Crippen molar-refractivity contribution in [2.75, 3.05) is 0 Å². The average molecular weight is 745 g/mol. The number of rotatable bonds is 12. The summed E-state index contributed by atoms with van der Waals surface area (Å²) in [5, 5.41) is 9.25. The number of aromatic nitrogens is 1. The minimum atomic E-state index is -0.942. The first-order chi connectivity index (χ1) is 22.1. The van der Waals surface area contributed by atoms with Gasteiger partial charge in [-0.1, -0.05) is 37.6 Å². The molecule has 0 saturated carbocycles. The van der Waals surface area contributed by atoms with E-state index in [9.17, 15) is 14.7 Å². The minimum Gasteiger partial charge on any atom is -0.489 e. The van der Waals surface area contributed by atoms with Crippen LogP contribution in [0, 0.1) is 6.92 Å². The molecule has 5 rings (SSSR count). The number of carboxylic acid groups (broad SMARTS) is 1. The zero-order chi connectivity index (χ0) is 32.8. The molecule has 0 saturated heterocycles. The molecule has 0 aliphatic heterocycles. The van der Waals surface area contributed by atoms with E-state index in [4.69, 9.17) is 14.2 Å². The Morgan fingerprint density at radius 3 is 2.11 bits per heavy atom. The summed E-state index contributed by atoms with van der Waals surface area (Å²) in [5.74, 6) is 1.41. The third kappa shape index (κ3) is 8.21. The molecule has 0 spiro atoms. The van der Waals surface area contributed by atoms with E-state index in [1.807, 2.05) is 81.4 Å². The van der Waals surface area contributed by atoms with Crippen LogP contribution >= 0.6 is 31.9 Å². The average Bonchev–Trinajstić information content (AvgIpc) is 3.02. The number of benzene rings is 4. The first-order valence-electron chi connectivity index (χ1n) is 14.5. The number of hydrogen-bond acceptors (Lipinski definition) is 6. The highest BCUT2D eigenvalue weighted by Gasteiger charge is 2.23. The number of carboxylic acids is 1. The summed E-state index contributed by atoms with van der Waals surface area (Å²) in [6, 6.07) is 25.5. The highest BCUT2D eigenvalue weighted by molar-refractivity contribution is 9.11. The molecule has 0 bridgehead atoms. The van der Waals surface area contributed by atoms with Gasteiger partial charge in [-0.3, -0.25) is 14.6 Å². The largest absolute Gasteiger partial charge is 0.489 e. The monoisotopic (exact) mass is 743 g/mol. The molecule has 1 aromatic heterocycles. The molecular formula is C37H31Br2NO6. The van der Waals surface area contributed by atoms with Crippen LogP contribution in [0.15, 0.2) is 106 Å². The number of aliphatic carboxylic acids is 1. The molecule has 0 radical (unpaired) electrons. The molecule has 234 valence electrons. The Morgan fingerprint density at radius 1 is 0.804 bits per heavy atom. The van der Waals surface area contributed by atoms with Gasteiger partial charge in [0.2, 0.25) is 0 Å². The Hall–Kier alpha value is -4.47. The third-order valence-corrected chi connectivity index (χ3v) is 8.27. The minimum absolute atomic E-state index is 0.0215. The quantitative estimate of drug-likeness (QED) is 0.127. The van der Waals surface area contributed by atoms with Gasteiger partial charge in [0.05, 0.1) is 20.9 Å². The predicted molar refractivity (Wildman–Crippen MR) is 183 cm³/mol. The Balaban J connectivity index is 1.51. The summed E-state index contributed by atoms with van der Waals surface area (Å²) >= 11 is 7.05. The van der Waals surface area contributed by atoms with Crippen LogP contribution in [0.2, 0.25) is 0 Å². The van der Waals surface area contributed by atoms with Crippen LogP contribution in [0.4, 0.5) is 0 Å². The Bertz CT molecular complexity index is 1850. The molecule has 1 heterocycles. The van der Waals surface area contributed by atoms with Crippen LogP contribution in [-0.2, 0) is 17.8 Å². The number of ketones is 1. The number of halogens is 2. The standard InChI is InChI=1S/C37H31Br2NO6/c1-22(2)29-19-34(46-37-31(38)16-25(17-32(37)39)18-35(41)42)30(36(43)26-6-4-5-23(3)15-26)20-33(29)45-28-9-7-27(8-10-28)44-21-24-11-13-40-14-12-24/h4-17,19-20,22H,18,21H2,1-3H3,(H,41,42). The first-order valence-corrected chi connectivity index (χ1v) is 16.1. The van der Waals surface area contributed by atoms with Crippen LogP contribution in [-0.4, -0.2) is 21.8 Å². The van der Waals surface area contributed by atoms with E-state index >= 15 is 0 Å². The fourth-order valence-corrected chi connectivity index (χ4v) is 6.24. The summed E-state index contributed by atoms with van der Waals surface area (Å²) < 4.78 is 19.8. The topological polar surface area (TPSA) is 95.0 Å². The molecule has 7 nitrogen and oxygen atoms in total. The molecule has 0 fully saturated rings. The number of pyridine rings is 1. The van der Waals surface area contributed by atoms with Crippen molar-refractivity contribution in [1.82, 2.24) is 4.98 Å². The molecule has 9 heteroatoms. The summed E-state index contributed by atoms with van der Waals surface area (Å²) in [6.45, 7) is 6.43. The number of hydrogen-bond donors (Lipinski definition) is 1. The van der Waals surface area contributed by atoms with Gasteiger partial charge in [-0.2, -0.15) is 0 Å². The van der Waals surface area contributed by atoms with E-state index in [0.717, 1.165) is 16.7 Å². The second-order valence-electron chi connectivity index (χ2n) is 11.0. The zero-order valence-corrected chi connectivity index (χ0v) is 28.6. The summed E-state index contributed by atoms with van der Waals surface area (Å²) in [5.41, 5.74) is 4.22. The Morgan fingerprint density at radius 2 is 1.48 bits per heavy atom. The molecule has 0 amide bonds. The third-order valence-electron chi connectivity index (χ3n) is 7.09. The lowest BCUT2D eigenvalue weighted by atomic mass is 9.95. The number of nitrogens with zero attached hydrogens (tertiary/aromatic N) is 1. The van der Waals surface area contributed by atoms with Crippen molar-refractivity contribution >= 4 is 43.6 Å². The Kier molecular flexibility index (Phi) is 10.6. The number of carbonyl (C=O) groups excluding carboxylic acids is 1. The maximum atomic E-state index is 14.0. The molecule has 46 heavy (non-hydrogen) atoms. The van der Waals surface area contributed by atoms with Crippen LogP contribution in [0.1, 0.15) is 57.9 Å². The normalized spacial score (nSPS) is 10.9. The fourth-order valence-electron chi connectivity index (χ4n) is 4.79. The van der Waals surface area contributed by atoms with Crippen LogP contribution in [0.3, 0.4) is 0 Å². The van der Waals surface area contributed by atoms with Crippen molar-refractivity contribution in [3.05, 3.63) is 140 Å². The number of carbonyl (C=O) groups is 2.